The largest absolute Gasteiger partial charge is 0.394 e. The number of rotatable bonds is 3. The zero-order valence-corrected chi connectivity index (χ0v) is 10.8. The maximum Gasteiger partial charge on any atom is 0.296 e. The topological polar surface area (TPSA) is 94.0 Å². The molecule has 0 fully saturated rings. The molecule has 0 aliphatic rings. The van der Waals surface area contributed by atoms with E-state index in [4.69, 9.17) is 9.63 Å². The van der Waals surface area contributed by atoms with Crippen LogP contribution in [0.1, 0.15) is 5.76 Å². The average molecular weight is 272 g/mol. The first kappa shape index (κ1) is 12.5. The van der Waals surface area contributed by atoms with E-state index in [9.17, 15) is 4.79 Å². The lowest BCUT2D eigenvalue weighted by Gasteiger charge is -2.07. The monoisotopic (exact) mass is 272 g/mol. The van der Waals surface area contributed by atoms with Crippen molar-refractivity contribution in [2.75, 3.05) is 6.61 Å². The van der Waals surface area contributed by atoms with Crippen LogP contribution in [0.3, 0.4) is 0 Å². The lowest BCUT2D eigenvalue weighted by Crippen LogP contribution is -2.25. The van der Waals surface area contributed by atoms with Crippen molar-refractivity contribution in [3.05, 3.63) is 40.6 Å². The van der Waals surface area contributed by atoms with Crippen LogP contribution >= 0.6 is 0 Å². The van der Waals surface area contributed by atoms with Crippen molar-refractivity contribution >= 4 is 10.9 Å². The normalized spacial score (nSPS) is 11.1. The lowest BCUT2D eigenvalue weighted by molar-refractivity contribution is 0.266. The molecule has 3 aromatic rings. The van der Waals surface area contributed by atoms with Crippen LogP contribution in [0.5, 0.6) is 0 Å². The first-order chi connectivity index (χ1) is 9.72. The molecule has 7 heteroatoms. The predicted molar refractivity (Wildman–Crippen MR) is 71.1 cm³/mol. The maximum atomic E-state index is 12.2. The van der Waals surface area contributed by atoms with Gasteiger partial charge >= 0.3 is 0 Å². The summed E-state index contributed by atoms with van der Waals surface area (Å²) in [6.45, 7) is 1.66. The molecule has 0 atom stereocenters. The highest BCUT2D eigenvalue weighted by atomic mass is 16.5. The Balaban J connectivity index is 2.38. The van der Waals surface area contributed by atoms with Gasteiger partial charge in [0.25, 0.3) is 5.56 Å². The summed E-state index contributed by atoms with van der Waals surface area (Å²) in [6, 6.07) is 3.63. The Hall–Kier alpha value is -2.54. The van der Waals surface area contributed by atoms with Gasteiger partial charge in [-0.05, 0) is 19.1 Å². The van der Waals surface area contributed by atoms with Gasteiger partial charge in [0.2, 0.25) is 0 Å². The van der Waals surface area contributed by atoms with Gasteiger partial charge in [0.05, 0.1) is 18.5 Å². The molecule has 0 radical (unpaired) electrons. The molecule has 20 heavy (non-hydrogen) atoms. The molecule has 0 bridgehead atoms. The van der Waals surface area contributed by atoms with Crippen LogP contribution < -0.4 is 5.56 Å². The molecular weight excluding hydrogens is 260 g/mol. The fourth-order valence-electron chi connectivity index (χ4n) is 2.09. The zero-order chi connectivity index (χ0) is 14.1. The molecule has 0 aliphatic heterocycles. The third-order valence-corrected chi connectivity index (χ3v) is 3.00. The Morgan fingerprint density at radius 1 is 1.45 bits per heavy atom. The molecular formula is C13H12N4O3. The Kier molecular flexibility index (Phi) is 3.03. The number of hydrogen-bond donors (Lipinski definition) is 1. The molecule has 0 amide bonds. The second-order valence-corrected chi connectivity index (χ2v) is 4.30. The summed E-state index contributed by atoms with van der Waals surface area (Å²) in [4.78, 5) is 16.2. The van der Waals surface area contributed by atoms with E-state index in [1.807, 2.05) is 6.07 Å². The van der Waals surface area contributed by atoms with Gasteiger partial charge < -0.3 is 9.63 Å². The van der Waals surface area contributed by atoms with Gasteiger partial charge in [-0.2, -0.15) is 5.10 Å². The van der Waals surface area contributed by atoms with E-state index in [1.165, 1.54) is 4.68 Å². The highest BCUT2D eigenvalue weighted by Gasteiger charge is 2.18. The molecule has 102 valence electrons. The van der Waals surface area contributed by atoms with Gasteiger partial charge in [-0.1, -0.05) is 5.16 Å². The van der Waals surface area contributed by atoms with Crippen LogP contribution in [-0.2, 0) is 6.54 Å². The van der Waals surface area contributed by atoms with Crippen molar-refractivity contribution in [2.24, 2.45) is 0 Å². The van der Waals surface area contributed by atoms with Crippen molar-refractivity contribution in [2.45, 2.75) is 13.5 Å². The summed E-state index contributed by atoms with van der Waals surface area (Å²) in [5.74, 6) is 0.527. The summed E-state index contributed by atoms with van der Waals surface area (Å²) in [6.07, 6.45) is 3.31. The highest BCUT2D eigenvalue weighted by Crippen LogP contribution is 2.26. The number of aromatic nitrogens is 4. The SMILES string of the molecule is Cc1onc2c(=O)n(CCO)nc(-c3cccnc3)c12. The first-order valence-corrected chi connectivity index (χ1v) is 6.10. The molecule has 0 spiro atoms. The summed E-state index contributed by atoms with van der Waals surface area (Å²) >= 11 is 0. The van der Waals surface area contributed by atoms with Gasteiger partial charge in [-0.15, -0.1) is 0 Å². The number of aliphatic hydroxyl groups excluding tert-OH is 1. The van der Waals surface area contributed by atoms with E-state index in [0.29, 0.717) is 16.8 Å². The van der Waals surface area contributed by atoms with Gasteiger partial charge in [0, 0.05) is 18.0 Å². The van der Waals surface area contributed by atoms with Gasteiger partial charge in [0.15, 0.2) is 5.52 Å². The Morgan fingerprint density at radius 2 is 2.30 bits per heavy atom. The van der Waals surface area contributed by atoms with Crippen molar-refractivity contribution < 1.29 is 9.63 Å². The smallest absolute Gasteiger partial charge is 0.296 e. The zero-order valence-electron chi connectivity index (χ0n) is 10.8. The van der Waals surface area contributed by atoms with Crippen LogP contribution in [0.15, 0.2) is 33.8 Å². The summed E-state index contributed by atoms with van der Waals surface area (Å²) in [5, 5.41) is 17.7. The van der Waals surface area contributed by atoms with Crippen LogP contribution in [0, 0.1) is 6.92 Å². The predicted octanol–water partition coefficient (Wildman–Crippen LogP) is 0.747. The molecule has 0 saturated heterocycles. The third-order valence-electron chi connectivity index (χ3n) is 3.00. The molecule has 3 aromatic heterocycles. The molecule has 3 rings (SSSR count). The number of hydrogen-bond acceptors (Lipinski definition) is 6. The van der Waals surface area contributed by atoms with Crippen molar-refractivity contribution in [1.29, 1.82) is 0 Å². The molecule has 1 N–H and O–H groups in total. The van der Waals surface area contributed by atoms with Crippen molar-refractivity contribution in [1.82, 2.24) is 19.9 Å². The second-order valence-electron chi connectivity index (χ2n) is 4.30. The van der Waals surface area contributed by atoms with E-state index in [0.717, 1.165) is 5.56 Å². The average Bonchev–Trinajstić information content (AvgIpc) is 2.86. The summed E-state index contributed by atoms with van der Waals surface area (Å²) < 4.78 is 6.29. The molecule has 0 unspecified atom stereocenters. The van der Waals surface area contributed by atoms with Gasteiger partial charge in [-0.3, -0.25) is 9.78 Å². The quantitative estimate of drug-likeness (QED) is 0.756. The van der Waals surface area contributed by atoms with E-state index < -0.39 is 0 Å². The number of aryl methyl sites for hydroxylation is 1. The van der Waals surface area contributed by atoms with E-state index >= 15 is 0 Å². The summed E-state index contributed by atoms with van der Waals surface area (Å²) in [7, 11) is 0. The Morgan fingerprint density at radius 3 is 3.00 bits per heavy atom. The second kappa shape index (κ2) is 4.86. The standard InChI is InChI=1S/C13H12N4O3/c1-8-10-11(9-3-2-4-14-7-9)15-17(5-6-18)13(19)12(10)16-20-8/h2-4,7,18H,5-6H2,1H3. The maximum absolute atomic E-state index is 12.2. The van der Waals surface area contributed by atoms with Crippen LogP contribution in [-0.4, -0.2) is 31.6 Å². The summed E-state index contributed by atoms with van der Waals surface area (Å²) in [5.41, 5.74) is 1.17. The third kappa shape index (κ3) is 1.88. The van der Waals surface area contributed by atoms with E-state index in [2.05, 4.69) is 15.2 Å². The minimum absolute atomic E-state index is 0.105. The number of fused-ring (bicyclic) bond motifs is 1. The molecule has 0 saturated carbocycles. The van der Waals surface area contributed by atoms with Gasteiger partial charge in [0.1, 0.15) is 11.5 Å². The fourth-order valence-corrected chi connectivity index (χ4v) is 2.09. The number of nitrogens with zero attached hydrogens (tertiary/aromatic N) is 4. The van der Waals surface area contributed by atoms with Crippen molar-refractivity contribution in [3.8, 4) is 11.3 Å². The van der Waals surface area contributed by atoms with E-state index in [-0.39, 0.29) is 24.2 Å². The van der Waals surface area contributed by atoms with Crippen LogP contribution in [0.4, 0.5) is 0 Å². The van der Waals surface area contributed by atoms with Crippen molar-refractivity contribution in [3.63, 3.8) is 0 Å². The Bertz CT molecular complexity index is 808. The first-order valence-electron chi connectivity index (χ1n) is 6.10. The fraction of sp³-hybridized carbons (Fsp3) is 0.231. The minimum atomic E-state index is -0.376. The van der Waals surface area contributed by atoms with Crippen LogP contribution in [0.2, 0.25) is 0 Å². The van der Waals surface area contributed by atoms with Gasteiger partial charge in [-0.25, -0.2) is 4.68 Å². The number of pyridine rings is 1. The lowest BCUT2D eigenvalue weighted by atomic mass is 10.1. The number of aliphatic hydroxyl groups is 1. The molecule has 0 aromatic carbocycles. The van der Waals surface area contributed by atoms with E-state index in [1.54, 1.807) is 25.4 Å². The van der Waals surface area contributed by atoms with Crippen LogP contribution in [0.25, 0.3) is 22.2 Å². The molecule has 0 aliphatic carbocycles. The highest BCUT2D eigenvalue weighted by molar-refractivity contribution is 5.92. The molecule has 7 nitrogen and oxygen atoms in total. The minimum Gasteiger partial charge on any atom is -0.394 e. The Labute approximate surface area is 113 Å². The molecule has 3 heterocycles.